The molecule has 28 heavy (non-hydrogen) atoms. The van der Waals surface area contributed by atoms with E-state index in [0.29, 0.717) is 11.8 Å². The minimum Gasteiger partial charge on any atom is -0.462 e. The summed E-state index contributed by atoms with van der Waals surface area (Å²) in [5.74, 6) is 1.48. The van der Waals surface area contributed by atoms with Crippen molar-refractivity contribution in [3.8, 4) is 0 Å². The van der Waals surface area contributed by atoms with Gasteiger partial charge in [0.1, 0.15) is 6.10 Å². The molecular formula is C23H33BrO4. The first-order valence-electron chi connectivity index (χ1n) is 11.1. The Hall–Kier alpha value is -0.390. The van der Waals surface area contributed by atoms with Gasteiger partial charge in [-0.3, -0.25) is 4.79 Å². The number of hydrogen-bond donors (Lipinski definition) is 0. The van der Waals surface area contributed by atoms with Crippen LogP contribution >= 0.6 is 15.9 Å². The van der Waals surface area contributed by atoms with Crippen LogP contribution in [0.15, 0.2) is 11.6 Å². The molecule has 0 aromatic carbocycles. The predicted octanol–water partition coefficient (Wildman–Crippen LogP) is 5.00. The molecule has 5 rings (SSSR count). The first-order valence-corrected chi connectivity index (χ1v) is 12.0. The van der Waals surface area contributed by atoms with Gasteiger partial charge >= 0.3 is 5.97 Å². The molecule has 0 aromatic heterocycles. The fraction of sp³-hybridized carbons (Fsp3) is 0.870. The molecule has 0 bridgehead atoms. The topological polar surface area (TPSA) is 44.8 Å². The minimum absolute atomic E-state index is 0.0733. The summed E-state index contributed by atoms with van der Waals surface area (Å²) < 4.78 is 18.2. The molecule has 3 saturated carbocycles. The van der Waals surface area contributed by atoms with Gasteiger partial charge in [0.05, 0.1) is 18.0 Å². The number of hydrogen-bond acceptors (Lipinski definition) is 4. The lowest BCUT2D eigenvalue weighted by Gasteiger charge is -2.58. The zero-order valence-electron chi connectivity index (χ0n) is 17.3. The van der Waals surface area contributed by atoms with Gasteiger partial charge in [0, 0.05) is 18.8 Å². The Morgan fingerprint density at radius 1 is 1.18 bits per heavy atom. The van der Waals surface area contributed by atoms with Crippen molar-refractivity contribution in [1.29, 1.82) is 0 Å². The van der Waals surface area contributed by atoms with Crippen LogP contribution in [0.3, 0.4) is 0 Å². The standard InChI is InChI=1S/C23H33BrO4/c1-14(25)28-16-6-8-21(2)15(12-16)4-5-17-18(21)7-9-22(3)19(17)13-20(24)23(22)26-10-11-27-23/h4,16-20H,5-13H2,1-3H3/t16-,17+,18-,19-,20+,21-,22-/m0/s1. The Labute approximate surface area is 176 Å². The lowest BCUT2D eigenvalue weighted by atomic mass is 9.47. The van der Waals surface area contributed by atoms with Crippen molar-refractivity contribution < 1.29 is 19.0 Å². The maximum absolute atomic E-state index is 11.4. The Balaban J connectivity index is 1.43. The van der Waals surface area contributed by atoms with E-state index in [1.807, 2.05) is 0 Å². The Bertz CT molecular complexity index is 699. The molecular weight excluding hydrogens is 420 g/mol. The maximum atomic E-state index is 11.4. The van der Waals surface area contributed by atoms with E-state index in [9.17, 15) is 4.79 Å². The van der Waals surface area contributed by atoms with Gasteiger partial charge in [0.15, 0.2) is 5.79 Å². The van der Waals surface area contributed by atoms with E-state index in [4.69, 9.17) is 14.2 Å². The van der Waals surface area contributed by atoms with Gasteiger partial charge in [-0.1, -0.05) is 41.4 Å². The van der Waals surface area contributed by atoms with Crippen LogP contribution in [0, 0.1) is 28.6 Å². The lowest BCUT2D eigenvalue weighted by molar-refractivity contribution is -0.238. The van der Waals surface area contributed by atoms with Gasteiger partial charge in [-0.25, -0.2) is 0 Å². The molecule has 0 N–H and O–H groups in total. The largest absolute Gasteiger partial charge is 0.462 e. The third kappa shape index (κ3) is 2.51. The van der Waals surface area contributed by atoms with Crippen molar-refractivity contribution in [1.82, 2.24) is 0 Å². The van der Waals surface area contributed by atoms with Crippen molar-refractivity contribution in [3.05, 3.63) is 11.6 Å². The maximum Gasteiger partial charge on any atom is 0.302 e. The molecule has 7 atom stereocenters. The summed E-state index contributed by atoms with van der Waals surface area (Å²) in [5.41, 5.74) is 1.90. The molecule has 4 aliphatic carbocycles. The Morgan fingerprint density at radius 3 is 2.64 bits per heavy atom. The minimum atomic E-state index is -0.430. The van der Waals surface area contributed by atoms with Gasteiger partial charge in [-0.15, -0.1) is 0 Å². The molecule has 0 amide bonds. The molecule has 5 heteroatoms. The average Bonchev–Trinajstić information content (AvgIpc) is 3.22. The summed E-state index contributed by atoms with van der Waals surface area (Å²) in [6.07, 6.45) is 10.4. The molecule has 4 nitrogen and oxygen atoms in total. The molecule has 156 valence electrons. The SMILES string of the molecule is CC(=O)O[C@H]1CC[C@@]2(C)C(=CC[C@@H]3[C@@H]2CC[C@@]2(C)[C@H]3C[C@@H](Br)C23OCCO3)C1. The molecule has 0 radical (unpaired) electrons. The summed E-state index contributed by atoms with van der Waals surface area (Å²) >= 11 is 3.96. The molecule has 1 heterocycles. The number of halogens is 1. The molecule has 5 aliphatic rings. The van der Waals surface area contributed by atoms with E-state index in [0.717, 1.165) is 51.2 Å². The van der Waals surface area contributed by atoms with Crippen LogP contribution < -0.4 is 0 Å². The van der Waals surface area contributed by atoms with Crippen molar-refractivity contribution in [2.45, 2.75) is 82.4 Å². The number of ether oxygens (including phenoxy) is 3. The van der Waals surface area contributed by atoms with Crippen LogP contribution in [-0.2, 0) is 19.0 Å². The number of carbonyl (C=O) groups excluding carboxylic acids is 1. The van der Waals surface area contributed by atoms with Gasteiger partial charge in [-0.2, -0.15) is 0 Å². The number of allylic oxidation sites excluding steroid dienone is 1. The Morgan fingerprint density at radius 2 is 1.93 bits per heavy atom. The second kappa shape index (κ2) is 6.55. The van der Waals surface area contributed by atoms with Crippen LogP contribution in [0.4, 0.5) is 0 Å². The van der Waals surface area contributed by atoms with E-state index in [1.54, 1.807) is 5.57 Å². The van der Waals surface area contributed by atoms with Crippen LogP contribution in [0.2, 0.25) is 0 Å². The summed E-state index contributed by atoms with van der Waals surface area (Å²) in [7, 11) is 0. The van der Waals surface area contributed by atoms with Gasteiger partial charge < -0.3 is 14.2 Å². The van der Waals surface area contributed by atoms with Crippen molar-refractivity contribution >= 4 is 21.9 Å². The third-order valence-electron chi connectivity index (χ3n) is 9.17. The number of rotatable bonds is 1. The van der Waals surface area contributed by atoms with Crippen LogP contribution in [0.25, 0.3) is 0 Å². The average molecular weight is 453 g/mol. The molecule has 1 spiro atoms. The molecule has 4 fully saturated rings. The van der Waals surface area contributed by atoms with Crippen LogP contribution in [0.1, 0.15) is 65.7 Å². The number of esters is 1. The highest BCUT2D eigenvalue weighted by molar-refractivity contribution is 9.09. The number of alkyl halides is 1. The third-order valence-corrected chi connectivity index (χ3v) is 10.1. The van der Waals surface area contributed by atoms with Crippen molar-refractivity contribution in [2.75, 3.05) is 13.2 Å². The molecule has 0 aromatic rings. The highest BCUT2D eigenvalue weighted by Crippen LogP contribution is 2.69. The fourth-order valence-corrected chi connectivity index (χ4v) is 9.02. The highest BCUT2D eigenvalue weighted by Gasteiger charge is 2.70. The zero-order valence-corrected chi connectivity index (χ0v) is 18.9. The van der Waals surface area contributed by atoms with E-state index >= 15 is 0 Å². The number of carbonyl (C=O) groups is 1. The smallest absolute Gasteiger partial charge is 0.302 e. The monoisotopic (exact) mass is 452 g/mol. The quantitative estimate of drug-likeness (QED) is 0.319. The van der Waals surface area contributed by atoms with E-state index in [-0.39, 0.29) is 27.7 Å². The second-order valence-electron chi connectivity index (χ2n) is 10.3. The van der Waals surface area contributed by atoms with E-state index in [1.165, 1.54) is 19.8 Å². The predicted molar refractivity (Wildman–Crippen MR) is 110 cm³/mol. The normalized spacial score (nSPS) is 49.1. The van der Waals surface area contributed by atoms with E-state index < -0.39 is 5.79 Å². The van der Waals surface area contributed by atoms with Crippen molar-refractivity contribution in [3.63, 3.8) is 0 Å². The molecule has 1 saturated heterocycles. The fourth-order valence-electron chi connectivity index (χ4n) is 7.83. The van der Waals surface area contributed by atoms with Crippen molar-refractivity contribution in [2.24, 2.45) is 28.6 Å². The van der Waals surface area contributed by atoms with Gasteiger partial charge in [-0.05, 0) is 61.7 Å². The van der Waals surface area contributed by atoms with Gasteiger partial charge in [0.25, 0.3) is 0 Å². The number of fused-ring (bicyclic) bond motifs is 6. The molecule has 0 unspecified atom stereocenters. The second-order valence-corrected chi connectivity index (χ2v) is 11.4. The van der Waals surface area contributed by atoms with Crippen LogP contribution in [0.5, 0.6) is 0 Å². The molecule has 1 aliphatic heterocycles. The summed E-state index contributed by atoms with van der Waals surface area (Å²) in [5, 5.41) is 0. The van der Waals surface area contributed by atoms with Gasteiger partial charge in [0.2, 0.25) is 0 Å². The lowest BCUT2D eigenvalue weighted by Crippen LogP contribution is -2.56. The highest BCUT2D eigenvalue weighted by atomic mass is 79.9. The van der Waals surface area contributed by atoms with E-state index in [2.05, 4.69) is 35.9 Å². The Kier molecular flexibility index (Phi) is 4.58. The summed E-state index contributed by atoms with van der Waals surface area (Å²) in [4.78, 5) is 11.7. The van der Waals surface area contributed by atoms with Crippen LogP contribution in [-0.4, -0.2) is 35.9 Å². The summed E-state index contributed by atoms with van der Waals surface area (Å²) in [6.45, 7) is 7.89. The first kappa shape index (κ1) is 19.6. The first-order chi connectivity index (χ1) is 13.3. The zero-order chi connectivity index (χ0) is 19.7. The summed E-state index contributed by atoms with van der Waals surface area (Å²) in [6, 6.07) is 0.